The zero-order valence-electron chi connectivity index (χ0n) is 14.7. The first-order valence-corrected chi connectivity index (χ1v) is 8.50. The Balaban J connectivity index is 2.15. The molecule has 0 bridgehead atoms. The first-order chi connectivity index (χ1) is 12.3. The summed E-state index contributed by atoms with van der Waals surface area (Å²) in [4.78, 5) is 29.9. The van der Waals surface area contributed by atoms with Gasteiger partial charge in [0.25, 0.3) is 5.56 Å². The highest BCUT2D eigenvalue weighted by Crippen LogP contribution is 2.14. The lowest BCUT2D eigenvalue weighted by atomic mass is 10.2. The number of halogens is 1. The minimum atomic E-state index is -0.571. The van der Waals surface area contributed by atoms with E-state index in [4.69, 9.17) is 11.6 Å². The molecule has 0 spiro atoms. The maximum Gasteiger partial charge on any atom is 0.332 e. The standard InChI is InChI=1S/C17H20ClN5O3/c1-10(24)8-19-16-20-14-13(21(16)2)15(25)23(17(26)22(14)3)9-11-5-4-6-12(18)7-11/h4-7,10,24H,8-9H2,1-3H3,(H,19,20)/t10-/m0/s1. The molecule has 0 saturated carbocycles. The number of fused-ring (bicyclic) bond motifs is 1. The molecule has 9 heteroatoms. The van der Waals surface area contributed by atoms with Crippen LogP contribution in [0.4, 0.5) is 5.95 Å². The first-order valence-electron chi connectivity index (χ1n) is 8.12. The number of benzene rings is 1. The van der Waals surface area contributed by atoms with Crippen LogP contribution in [0.5, 0.6) is 0 Å². The average molecular weight is 378 g/mol. The van der Waals surface area contributed by atoms with Gasteiger partial charge in [0.05, 0.1) is 12.6 Å². The fourth-order valence-electron chi connectivity index (χ4n) is 2.80. The van der Waals surface area contributed by atoms with Crippen LogP contribution in [0.15, 0.2) is 33.9 Å². The molecule has 26 heavy (non-hydrogen) atoms. The molecule has 3 aromatic rings. The number of nitrogens with zero attached hydrogens (tertiary/aromatic N) is 4. The molecule has 0 saturated heterocycles. The summed E-state index contributed by atoms with van der Waals surface area (Å²) in [5.41, 5.74) is 0.469. The number of nitrogens with one attached hydrogen (secondary N) is 1. The van der Waals surface area contributed by atoms with Crippen molar-refractivity contribution >= 4 is 28.7 Å². The monoisotopic (exact) mass is 377 g/mol. The summed E-state index contributed by atoms with van der Waals surface area (Å²) in [6.45, 7) is 2.04. The Hall–Kier alpha value is -2.58. The maximum atomic E-state index is 12.9. The summed E-state index contributed by atoms with van der Waals surface area (Å²) in [7, 11) is 3.26. The second kappa shape index (κ2) is 6.97. The summed E-state index contributed by atoms with van der Waals surface area (Å²) in [5.74, 6) is 0.411. The number of imidazole rings is 1. The van der Waals surface area contributed by atoms with Crippen LogP contribution in [0.2, 0.25) is 5.02 Å². The second-order valence-corrected chi connectivity index (χ2v) is 6.70. The van der Waals surface area contributed by atoms with E-state index in [-0.39, 0.29) is 18.7 Å². The summed E-state index contributed by atoms with van der Waals surface area (Å²) in [5, 5.41) is 12.9. The molecule has 0 radical (unpaired) electrons. The number of rotatable bonds is 5. The number of anilines is 1. The Labute approximate surface area is 154 Å². The van der Waals surface area contributed by atoms with Crippen molar-refractivity contribution in [3.63, 3.8) is 0 Å². The Kier molecular flexibility index (Phi) is 4.88. The molecule has 2 heterocycles. The normalized spacial score (nSPS) is 12.5. The Bertz CT molecular complexity index is 1080. The maximum absolute atomic E-state index is 12.9. The van der Waals surface area contributed by atoms with Crippen LogP contribution in [0.1, 0.15) is 12.5 Å². The molecule has 2 N–H and O–H groups in total. The van der Waals surface area contributed by atoms with Crippen LogP contribution in [-0.4, -0.2) is 36.4 Å². The Morgan fingerprint density at radius 1 is 1.27 bits per heavy atom. The van der Waals surface area contributed by atoms with E-state index in [1.165, 1.54) is 4.57 Å². The van der Waals surface area contributed by atoms with Gasteiger partial charge in [-0.05, 0) is 24.6 Å². The van der Waals surface area contributed by atoms with E-state index in [1.807, 2.05) is 0 Å². The van der Waals surface area contributed by atoms with Crippen molar-refractivity contribution in [2.45, 2.75) is 19.6 Å². The van der Waals surface area contributed by atoms with Gasteiger partial charge in [0.1, 0.15) is 0 Å². The van der Waals surface area contributed by atoms with Crippen molar-refractivity contribution in [3.05, 3.63) is 55.7 Å². The Morgan fingerprint density at radius 2 is 2.00 bits per heavy atom. The van der Waals surface area contributed by atoms with Crippen molar-refractivity contribution in [1.29, 1.82) is 0 Å². The predicted octanol–water partition coefficient (Wildman–Crippen LogP) is 0.928. The van der Waals surface area contributed by atoms with E-state index in [0.717, 1.165) is 10.1 Å². The van der Waals surface area contributed by atoms with Crippen molar-refractivity contribution in [2.24, 2.45) is 14.1 Å². The molecular weight excluding hydrogens is 358 g/mol. The fraction of sp³-hybridized carbons (Fsp3) is 0.353. The van der Waals surface area contributed by atoms with Crippen LogP contribution in [0.3, 0.4) is 0 Å². The van der Waals surface area contributed by atoms with Crippen LogP contribution in [0, 0.1) is 0 Å². The topological polar surface area (TPSA) is 94.1 Å². The van der Waals surface area contributed by atoms with Gasteiger partial charge >= 0.3 is 5.69 Å². The molecule has 8 nitrogen and oxygen atoms in total. The SMILES string of the molecule is C[C@H](O)CNc1nc2c(c(=O)n(Cc3cccc(Cl)c3)c(=O)n2C)n1C. The molecule has 2 aromatic heterocycles. The van der Waals surface area contributed by atoms with E-state index in [2.05, 4.69) is 10.3 Å². The first kappa shape index (κ1) is 18.2. The summed E-state index contributed by atoms with van der Waals surface area (Å²) >= 11 is 5.99. The third-order valence-corrected chi connectivity index (χ3v) is 4.38. The fourth-order valence-corrected chi connectivity index (χ4v) is 3.01. The van der Waals surface area contributed by atoms with Gasteiger partial charge < -0.3 is 15.0 Å². The lowest BCUT2D eigenvalue weighted by molar-refractivity contribution is 0.208. The molecule has 0 aliphatic rings. The van der Waals surface area contributed by atoms with Gasteiger partial charge in [-0.25, -0.2) is 4.79 Å². The summed E-state index contributed by atoms with van der Waals surface area (Å²) in [6, 6.07) is 7.03. The Morgan fingerprint density at radius 3 is 2.65 bits per heavy atom. The van der Waals surface area contributed by atoms with Gasteiger partial charge in [0.15, 0.2) is 11.2 Å². The highest BCUT2D eigenvalue weighted by Gasteiger charge is 2.18. The minimum Gasteiger partial charge on any atom is -0.392 e. The molecule has 0 amide bonds. The number of aryl methyl sites for hydroxylation is 2. The second-order valence-electron chi connectivity index (χ2n) is 6.26. The smallest absolute Gasteiger partial charge is 0.332 e. The predicted molar refractivity (Wildman–Crippen MR) is 101 cm³/mol. The van der Waals surface area contributed by atoms with Gasteiger partial charge in [-0.1, -0.05) is 23.7 Å². The van der Waals surface area contributed by atoms with Crippen molar-refractivity contribution in [3.8, 4) is 0 Å². The summed E-state index contributed by atoms with van der Waals surface area (Å²) < 4.78 is 4.09. The molecule has 1 aromatic carbocycles. The summed E-state index contributed by atoms with van der Waals surface area (Å²) in [6.07, 6.45) is -0.571. The number of aliphatic hydroxyl groups excluding tert-OH is 1. The van der Waals surface area contributed by atoms with Crippen molar-refractivity contribution in [1.82, 2.24) is 18.7 Å². The van der Waals surface area contributed by atoms with Crippen LogP contribution in [0.25, 0.3) is 11.2 Å². The number of hydrogen-bond acceptors (Lipinski definition) is 5. The zero-order chi connectivity index (χ0) is 19.0. The van der Waals surface area contributed by atoms with E-state index < -0.39 is 17.4 Å². The van der Waals surface area contributed by atoms with E-state index in [9.17, 15) is 14.7 Å². The highest BCUT2D eigenvalue weighted by molar-refractivity contribution is 6.30. The molecule has 0 unspecified atom stereocenters. The molecule has 1 atom stereocenters. The van der Waals surface area contributed by atoms with Crippen LogP contribution in [-0.2, 0) is 20.6 Å². The average Bonchev–Trinajstić information content (AvgIpc) is 2.92. The third-order valence-electron chi connectivity index (χ3n) is 4.15. The molecule has 138 valence electrons. The number of aliphatic hydroxyl groups is 1. The van der Waals surface area contributed by atoms with Crippen LogP contribution >= 0.6 is 11.6 Å². The molecular formula is C17H20ClN5O3. The third kappa shape index (κ3) is 3.25. The van der Waals surface area contributed by atoms with Gasteiger partial charge in [-0.3, -0.25) is 13.9 Å². The van der Waals surface area contributed by atoms with E-state index >= 15 is 0 Å². The highest BCUT2D eigenvalue weighted by atomic mass is 35.5. The lowest BCUT2D eigenvalue weighted by Crippen LogP contribution is -2.39. The molecule has 3 rings (SSSR count). The van der Waals surface area contributed by atoms with Gasteiger partial charge in [-0.2, -0.15) is 4.98 Å². The molecule has 0 aliphatic carbocycles. The number of aromatic nitrogens is 4. The minimum absolute atomic E-state index is 0.115. The largest absolute Gasteiger partial charge is 0.392 e. The number of hydrogen-bond donors (Lipinski definition) is 2. The van der Waals surface area contributed by atoms with Crippen LogP contribution < -0.4 is 16.6 Å². The van der Waals surface area contributed by atoms with Gasteiger partial charge in [0, 0.05) is 25.7 Å². The van der Waals surface area contributed by atoms with Crippen molar-refractivity contribution in [2.75, 3.05) is 11.9 Å². The molecule has 0 fully saturated rings. The zero-order valence-corrected chi connectivity index (χ0v) is 15.5. The van der Waals surface area contributed by atoms with Gasteiger partial charge in [-0.15, -0.1) is 0 Å². The molecule has 0 aliphatic heterocycles. The van der Waals surface area contributed by atoms with E-state index in [1.54, 1.807) is 49.9 Å². The van der Waals surface area contributed by atoms with Crippen molar-refractivity contribution < 1.29 is 5.11 Å². The lowest BCUT2D eigenvalue weighted by Gasteiger charge is -2.09. The van der Waals surface area contributed by atoms with Gasteiger partial charge in [0.2, 0.25) is 5.95 Å². The van der Waals surface area contributed by atoms with E-state index in [0.29, 0.717) is 16.5 Å². The quantitative estimate of drug-likeness (QED) is 0.689.